The van der Waals surface area contributed by atoms with Crippen LogP contribution in [-0.2, 0) is 14.3 Å². The lowest BCUT2D eigenvalue weighted by Gasteiger charge is -2.24. The quantitative estimate of drug-likeness (QED) is 0.131. The zero-order chi connectivity index (χ0) is 30.2. The zero-order valence-corrected chi connectivity index (χ0v) is 23.7. The van der Waals surface area contributed by atoms with Crippen molar-refractivity contribution in [3.05, 3.63) is 78.2 Å². The van der Waals surface area contributed by atoms with Crippen molar-refractivity contribution in [2.75, 3.05) is 49.4 Å². The van der Waals surface area contributed by atoms with E-state index in [1.165, 1.54) is 5.56 Å². The molecule has 12 heteroatoms. The number of para-hydroxylation sites is 2. The van der Waals surface area contributed by atoms with Gasteiger partial charge in [-0.15, -0.1) is 4.39 Å². The summed E-state index contributed by atoms with van der Waals surface area (Å²) in [4.78, 5) is 32.4. The van der Waals surface area contributed by atoms with E-state index < -0.39 is 17.9 Å². The summed E-state index contributed by atoms with van der Waals surface area (Å²) in [6, 6.07) is 13.0. The largest absolute Gasteiger partial charge is 0.501 e. The highest BCUT2D eigenvalue weighted by Crippen LogP contribution is 2.36. The number of carbonyl (C=O) groups excluding carboxylic acids is 2. The molecule has 1 fully saturated rings. The molecule has 0 bridgehead atoms. The van der Waals surface area contributed by atoms with Crippen LogP contribution >= 0.6 is 0 Å². The van der Waals surface area contributed by atoms with E-state index in [-0.39, 0.29) is 0 Å². The van der Waals surface area contributed by atoms with Gasteiger partial charge in [-0.2, -0.15) is 4.98 Å². The van der Waals surface area contributed by atoms with Crippen LogP contribution in [0.1, 0.15) is 36.3 Å². The smallest absolute Gasteiger partial charge is 0.495 e. The number of methoxy groups -OCH3 is 1. The molecule has 224 valence electrons. The normalized spacial score (nSPS) is 15.2. The average Bonchev–Trinajstić information content (AvgIpc) is 3.03. The van der Waals surface area contributed by atoms with E-state index >= 15 is 0 Å². The Labute approximate surface area is 248 Å². The summed E-state index contributed by atoms with van der Waals surface area (Å²) in [5, 5.41) is 12.6. The molecule has 0 spiro atoms. The number of ether oxygens (including phenoxy) is 3. The molecule has 5 rings (SSSR count). The molecule has 43 heavy (non-hydrogen) atoms. The van der Waals surface area contributed by atoms with E-state index in [0.29, 0.717) is 54.4 Å². The summed E-state index contributed by atoms with van der Waals surface area (Å²) >= 11 is 0. The minimum atomic E-state index is -2.13. The first-order chi connectivity index (χ1) is 20.9. The van der Waals surface area contributed by atoms with Crippen LogP contribution < -0.4 is 26.0 Å². The highest BCUT2D eigenvalue weighted by atomic mass is 19.1. The summed E-state index contributed by atoms with van der Waals surface area (Å²) in [5.74, 6) is 0.419. The minimum Gasteiger partial charge on any atom is -0.495 e. The van der Waals surface area contributed by atoms with Gasteiger partial charge in [0, 0.05) is 11.8 Å². The molecule has 11 nitrogen and oxygen atoms in total. The molecular formula is C31H33FN6O5. The van der Waals surface area contributed by atoms with Crippen molar-refractivity contribution >= 4 is 46.5 Å². The molecule has 0 aliphatic carbocycles. The van der Waals surface area contributed by atoms with Gasteiger partial charge in [0.25, 0.3) is 5.91 Å². The van der Waals surface area contributed by atoms with Crippen LogP contribution in [-0.4, -0.2) is 55.5 Å². The lowest BCUT2D eigenvalue weighted by molar-refractivity contribution is -0.115. The number of piperidine rings is 1. The Balaban J connectivity index is 1.43. The number of hydrogen-bond donors (Lipinski definition) is 4. The van der Waals surface area contributed by atoms with Gasteiger partial charge in [-0.1, -0.05) is 24.3 Å². The molecule has 1 amide bonds. The molecule has 3 aromatic rings. The summed E-state index contributed by atoms with van der Waals surface area (Å²) in [6.45, 7) is 6.33. The molecule has 1 saturated heterocycles. The van der Waals surface area contributed by atoms with Crippen molar-refractivity contribution in [3.8, 4) is 5.75 Å². The summed E-state index contributed by atoms with van der Waals surface area (Å²) in [5.41, 5.74) is 4.54. The second kappa shape index (κ2) is 13.9. The average molecular weight is 589 g/mol. The molecule has 2 aliphatic heterocycles. The number of amides is 1. The monoisotopic (exact) mass is 588 g/mol. The van der Waals surface area contributed by atoms with Gasteiger partial charge in [-0.3, -0.25) is 4.79 Å². The predicted octanol–water partition coefficient (Wildman–Crippen LogP) is 5.80. The number of halogens is 1. The maximum absolute atomic E-state index is 12.6. The lowest BCUT2D eigenvalue weighted by Crippen LogP contribution is -2.26. The Morgan fingerprint density at radius 2 is 1.88 bits per heavy atom. The number of nitrogens with zero attached hydrogens (tertiary/aromatic N) is 2. The van der Waals surface area contributed by atoms with Crippen LogP contribution in [0.2, 0.25) is 0 Å². The zero-order valence-electron chi connectivity index (χ0n) is 23.7. The first-order valence-corrected chi connectivity index (χ1v) is 13.9. The number of benzene rings is 2. The van der Waals surface area contributed by atoms with Crippen molar-refractivity contribution in [3.63, 3.8) is 0 Å². The second-order valence-corrected chi connectivity index (χ2v) is 10.0. The van der Waals surface area contributed by atoms with Crippen LogP contribution in [0.25, 0.3) is 5.57 Å². The molecule has 0 unspecified atom stereocenters. The van der Waals surface area contributed by atoms with Gasteiger partial charge < -0.3 is 35.5 Å². The number of hydrogen-bond acceptors (Lipinski definition) is 10. The standard InChI is InChI=1S/C31H33FN6O5/c1-19(43-30(32)40)29(39)36-25-6-4-3-5-24(25)35-28-23(21-11-15-42-16-12-21)18-34-31(38-28)37-26-8-7-22(17-27(26)41-2)20-9-13-33-14-10-20/h3-8,11,17-18,20,33H,1,9-10,12-16H2,2H3,(H,36,39)(H2,34,35,37,38). The molecule has 0 radical (unpaired) electrons. The van der Waals surface area contributed by atoms with Crippen LogP contribution in [0, 0.1) is 0 Å². The fraction of sp³-hybridized carbons (Fsp3) is 0.290. The van der Waals surface area contributed by atoms with Crippen molar-refractivity contribution < 1.29 is 28.2 Å². The predicted molar refractivity (Wildman–Crippen MR) is 162 cm³/mol. The third-order valence-electron chi connectivity index (χ3n) is 7.27. The van der Waals surface area contributed by atoms with Gasteiger partial charge in [0.15, 0.2) is 5.76 Å². The Bertz CT molecular complexity index is 1540. The Morgan fingerprint density at radius 1 is 1.09 bits per heavy atom. The molecule has 2 aliphatic rings. The van der Waals surface area contributed by atoms with Gasteiger partial charge in [-0.25, -0.2) is 9.78 Å². The third kappa shape index (κ3) is 7.53. The van der Waals surface area contributed by atoms with Crippen LogP contribution in [0.4, 0.5) is 38.0 Å². The fourth-order valence-corrected chi connectivity index (χ4v) is 5.05. The number of anilines is 5. The van der Waals surface area contributed by atoms with Crippen molar-refractivity contribution in [2.45, 2.75) is 25.2 Å². The molecular weight excluding hydrogens is 555 g/mol. The van der Waals surface area contributed by atoms with Crippen LogP contribution in [0.3, 0.4) is 0 Å². The molecule has 0 saturated carbocycles. The number of aromatic nitrogens is 2. The van der Waals surface area contributed by atoms with E-state index in [1.54, 1.807) is 37.6 Å². The molecule has 2 aromatic carbocycles. The summed E-state index contributed by atoms with van der Waals surface area (Å²) in [7, 11) is 1.63. The first-order valence-electron chi connectivity index (χ1n) is 13.9. The maximum Gasteiger partial charge on any atom is 0.501 e. The Morgan fingerprint density at radius 3 is 2.60 bits per heavy atom. The Hall–Kier alpha value is -4.81. The van der Waals surface area contributed by atoms with Gasteiger partial charge in [0.2, 0.25) is 5.95 Å². The Kier molecular flexibility index (Phi) is 9.59. The highest BCUT2D eigenvalue weighted by molar-refractivity contribution is 6.05. The lowest BCUT2D eigenvalue weighted by atomic mass is 9.90. The van der Waals surface area contributed by atoms with E-state index in [4.69, 9.17) is 14.5 Å². The summed E-state index contributed by atoms with van der Waals surface area (Å²) < 4.78 is 28.0. The van der Waals surface area contributed by atoms with Crippen molar-refractivity contribution in [1.82, 2.24) is 15.3 Å². The second-order valence-electron chi connectivity index (χ2n) is 10.0. The SMILES string of the molecule is C=C(OC(=O)F)C(=O)Nc1ccccc1Nc1nc(Nc2ccc(C3CCNCC3)cc2OC)ncc1C1=CCOCC1. The molecule has 4 N–H and O–H groups in total. The van der Waals surface area contributed by atoms with Crippen molar-refractivity contribution in [2.24, 2.45) is 0 Å². The van der Waals surface area contributed by atoms with E-state index in [0.717, 1.165) is 42.8 Å². The number of nitrogens with one attached hydrogen (secondary N) is 4. The molecule has 3 heterocycles. The number of carbonyl (C=O) groups is 2. The minimum absolute atomic E-state index is 0.330. The van der Waals surface area contributed by atoms with Gasteiger partial charge in [0.05, 0.1) is 37.4 Å². The van der Waals surface area contributed by atoms with E-state index in [2.05, 4.69) is 49.7 Å². The maximum atomic E-state index is 12.6. The van der Waals surface area contributed by atoms with Crippen LogP contribution in [0.15, 0.2) is 67.1 Å². The van der Waals surface area contributed by atoms with Gasteiger partial charge in [0.1, 0.15) is 11.6 Å². The third-order valence-corrected chi connectivity index (χ3v) is 7.27. The van der Waals surface area contributed by atoms with Crippen LogP contribution in [0.5, 0.6) is 5.75 Å². The van der Waals surface area contributed by atoms with E-state index in [9.17, 15) is 14.0 Å². The van der Waals surface area contributed by atoms with Gasteiger partial charge >= 0.3 is 6.22 Å². The number of rotatable bonds is 10. The topological polar surface area (TPSA) is 136 Å². The molecule has 0 atom stereocenters. The first kappa shape index (κ1) is 29.7. The van der Waals surface area contributed by atoms with Gasteiger partial charge in [-0.05, 0) is 80.3 Å². The fourth-order valence-electron chi connectivity index (χ4n) is 5.05. The van der Waals surface area contributed by atoms with E-state index in [1.807, 2.05) is 12.1 Å². The summed E-state index contributed by atoms with van der Waals surface area (Å²) in [6.07, 6.45) is 4.41. The molecule has 1 aromatic heterocycles. The van der Waals surface area contributed by atoms with Crippen molar-refractivity contribution in [1.29, 1.82) is 0 Å². The highest BCUT2D eigenvalue weighted by Gasteiger charge is 2.20.